The van der Waals surface area contributed by atoms with Crippen molar-refractivity contribution >= 4 is 18.0 Å². The van der Waals surface area contributed by atoms with Gasteiger partial charge in [0, 0.05) is 11.1 Å². The van der Waals surface area contributed by atoms with E-state index in [9.17, 15) is 14.4 Å². The van der Waals surface area contributed by atoms with E-state index in [1.807, 2.05) is 0 Å². The zero-order chi connectivity index (χ0) is 16.1. The van der Waals surface area contributed by atoms with Crippen LogP contribution >= 0.6 is 0 Å². The smallest absolute Gasteiger partial charge is 0.313 e. The van der Waals surface area contributed by atoms with Crippen LogP contribution in [-0.2, 0) is 9.59 Å². The second-order valence-corrected chi connectivity index (χ2v) is 5.05. The first-order chi connectivity index (χ1) is 10.5. The fourth-order valence-electron chi connectivity index (χ4n) is 1.88. The summed E-state index contributed by atoms with van der Waals surface area (Å²) in [5.41, 5.74) is 0.641. The number of carbonyl (C=O) groups excluding carboxylic acids is 3. The molecule has 0 atom stereocenters. The zero-order valence-electron chi connectivity index (χ0n) is 12.3. The summed E-state index contributed by atoms with van der Waals surface area (Å²) >= 11 is 0. The molecule has 0 saturated heterocycles. The van der Waals surface area contributed by atoms with Crippen LogP contribution in [0.2, 0.25) is 0 Å². The SMILES string of the molecule is CC(C)C(=O)Oc1ccccc1C(=O)c1ccccc1[C]=O. The van der Waals surface area contributed by atoms with Gasteiger partial charge >= 0.3 is 5.97 Å². The number of esters is 1. The lowest BCUT2D eigenvalue weighted by molar-refractivity contribution is -0.137. The van der Waals surface area contributed by atoms with Gasteiger partial charge in [0.05, 0.1) is 11.5 Å². The molecule has 4 nitrogen and oxygen atoms in total. The molecule has 0 aliphatic heterocycles. The predicted octanol–water partition coefficient (Wildman–Crippen LogP) is 2.94. The summed E-state index contributed by atoms with van der Waals surface area (Å²) in [7, 11) is 0. The molecule has 111 valence electrons. The Hall–Kier alpha value is -2.75. The van der Waals surface area contributed by atoms with Gasteiger partial charge in [0.25, 0.3) is 0 Å². The lowest BCUT2D eigenvalue weighted by atomic mass is 9.98. The van der Waals surface area contributed by atoms with Crippen LogP contribution in [0.1, 0.15) is 35.3 Å². The van der Waals surface area contributed by atoms with E-state index in [2.05, 4.69) is 0 Å². The van der Waals surface area contributed by atoms with Crippen LogP contribution in [0.25, 0.3) is 0 Å². The lowest BCUT2D eigenvalue weighted by Gasteiger charge is -2.11. The Bertz CT molecular complexity index is 717. The molecule has 1 radical (unpaired) electrons. The predicted molar refractivity (Wildman–Crippen MR) is 81.6 cm³/mol. The van der Waals surface area contributed by atoms with Crippen LogP contribution in [0.4, 0.5) is 0 Å². The van der Waals surface area contributed by atoms with Gasteiger partial charge in [-0.3, -0.25) is 14.4 Å². The third kappa shape index (κ3) is 3.28. The van der Waals surface area contributed by atoms with Crippen molar-refractivity contribution in [3.8, 4) is 5.75 Å². The van der Waals surface area contributed by atoms with Gasteiger partial charge in [-0.25, -0.2) is 0 Å². The molecule has 0 amide bonds. The Balaban J connectivity index is 2.42. The Kier molecular flexibility index (Phi) is 4.84. The van der Waals surface area contributed by atoms with Gasteiger partial charge in [0.1, 0.15) is 5.75 Å². The normalized spacial score (nSPS) is 10.3. The quantitative estimate of drug-likeness (QED) is 0.483. The molecule has 2 aromatic carbocycles. The monoisotopic (exact) mass is 295 g/mol. The molecule has 0 bridgehead atoms. The van der Waals surface area contributed by atoms with Crippen LogP contribution < -0.4 is 4.74 Å². The van der Waals surface area contributed by atoms with Crippen molar-refractivity contribution < 1.29 is 19.1 Å². The van der Waals surface area contributed by atoms with Crippen molar-refractivity contribution in [1.82, 2.24) is 0 Å². The van der Waals surface area contributed by atoms with Crippen LogP contribution in [-0.4, -0.2) is 18.0 Å². The van der Waals surface area contributed by atoms with Crippen molar-refractivity contribution in [3.63, 3.8) is 0 Å². The Morgan fingerprint density at radius 2 is 1.55 bits per heavy atom. The van der Waals surface area contributed by atoms with Gasteiger partial charge in [0.2, 0.25) is 6.29 Å². The lowest BCUT2D eigenvalue weighted by Crippen LogP contribution is -2.17. The maximum absolute atomic E-state index is 12.6. The molecule has 0 fully saturated rings. The maximum atomic E-state index is 12.6. The van der Waals surface area contributed by atoms with Crippen LogP contribution in [0.5, 0.6) is 5.75 Å². The summed E-state index contributed by atoms with van der Waals surface area (Å²) < 4.78 is 5.26. The fourth-order valence-corrected chi connectivity index (χ4v) is 1.88. The molecule has 0 unspecified atom stereocenters. The molecular formula is C18H15O4. The van der Waals surface area contributed by atoms with Crippen LogP contribution in [0, 0.1) is 5.92 Å². The number of hydrogen-bond acceptors (Lipinski definition) is 4. The minimum atomic E-state index is -0.421. The minimum absolute atomic E-state index is 0.178. The largest absolute Gasteiger partial charge is 0.426 e. The highest BCUT2D eigenvalue weighted by Crippen LogP contribution is 2.23. The fraction of sp³-hybridized carbons (Fsp3) is 0.167. The molecule has 2 aromatic rings. The average Bonchev–Trinajstić information content (AvgIpc) is 2.54. The van der Waals surface area contributed by atoms with Crippen molar-refractivity contribution in [3.05, 3.63) is 65.2 Å². The summed E-state index contributed by atoms with van der Waals surface area (Å²) in [6.45, 7) is 3.42. The molecule has 0 spiro atoms. The number of carbonyl (C=O) groups is 2. The van der Waals surface area contributed by atoms with Crippen molar-refractivity contribution in [1.29, 1.82) is 0 Å². The molecule has 0 N–H and O–H groups in total. The third-order valence-electron chi connectivity index (χ3n) is 3.10. The van der Waals surface area contributed by atoms with Gasteiger partial charge in [-0.2, -0.15) is 0 Å². The molecule has 0 aliphatic carbocycles. The topological polar surface area (TPSA) is 60.4 Å². The summed E-state index contributed by atoms with van der Waals surface area (Å²) in [5.74, 6) is -0.924. The summed E-state index contributed by atoms with van der Waals surface area (Å²) in [5, 5.41) is 0. The van der Waals surface area contributed by atoms with Gasteiger partial charge in [-0.05, 0) is 12.1 Å². The van der Waals surface area contributed by atoms with Gasteiger partial charge in [0.15, 0.2) is 5.78 Å². The number of ketones is 1. The number of para-hydroxylation sites is 1. The number of hydrogen-bond donors (Lipinski definition) is 0. The molecule has 0 heterocycles. The number of rotatable bonds is 5. The Labute approximate surface area is 128 Å². The van der Waals surface area contributed by atoms with Gasteiger partial charge < -0.3 is 4.74 Å². The van der Waals surface area contributed by atoms with E-state index >= 15 is 0 Å². The highest BCUT2D eigenvalue weighted by atomic mass is 16.5. The Morgan fingerprint density at radius 1 is 0.955 bits per heavy atom. The highest BCUT2D eigenvalue weighted by Gasteiger charge is 2.19. The first kappa shape index (κ1) is 15.6. The molecule has 0 aromatic heterocycles. The van der Waals surface area contributed by atoms with E-state index in [1.54, 1.807) is 62.6 Å². The van der Waals surface area contributed by atoms with Gasteiger partial charge in [-0.15, -0.1) is 0 Å². The van der Waals surface area contributed by atoms with Crippen LogP contribution in [0.3, 0.4) is 0 Å². The summed E-state index contributed by atoms with van der Waals surface area (Å²) in [6, 6.07) is 12.9. The average molecular weight is 295 g/mol. The summed E-state index contributed by atoms with van der Waals surface area (Å²) in [6.07, 6.45) is 1.75. The molecule has 0 saturated carbocycles. The third-order valence-corrected chi connectivity index (χ3v) is 3.10. The second kappa shape index (κ2) is 6.80. The standard InChI is InChI=1S/C18H15O4/c1-12(2)18(21)22-16-10-6-5-9-15(16)17(20)14-8-4-3-7-13(14)11-19/h3-10,12H,1-2H3. The highest BCUT2D eigenvalue weighted by molar-refractivity contribution is 6.14. The minimum Gasteiger partial charge on any atom is -0.426 e. The molecule has 4 heteroatoms. The molecule has 0 aliphatic rings. The summed E-state index contributed by atoms with van der Waals surface area (Å²) in [4.78, 5) is 35.3. The first-order valence-corrected chi connectivity index (χ1v) is 6.87. The van der Waals surface area contributed by atoms with E-state index in [0.717, 1.165) is 0 Å². The maximum Gasteiger partial charge on any atom is 0.313 e. The van der Waals surface area contributed by atoms with E-state index in [0.29, 0.717) is 0 Å². The zero-order valence-corrected chi connectivity index (χ0v) is 12.3. The molecule has 22 heavy (non-hydrogen) atoms. The van der Waals surface area contributed by atoms with Crippen molar-refractivity contribution in [2.24, 2.45) is 5.92 Å². The van der Waals surface area contributed by atoms with E-state index in [4.69, 9.17) is 4.74 Å². The number of ether oxygens (including phenoxy) is 1. The van der Waals surface area contributed by atoms with Crippen LogP contribution in [0.15, 0.2) is 48.5 Å². The Morgan fingerprint density at radius 3 is 2.18 bits per heavy atom. The second-order valence-electron chi connectivity index (χ2n) is 5.05. The van der Waals surface area contributed by atoms with Crippen molar-refractivity contribution in [2.45, 2.75) is 13.8 Å². The van der Waals surface area contributed by atoms with E-state index < -0.39 is 5.97 Å². The van der Waals surface area contributed by atoms with E-state index in [1.165, 1.54) is 6.07 Å². The number of benzene rings is 2. The molecular weight excluding hydrogens is 280 g/mol. The first-order valence-electron chi connectivity index (χ1n) is 6.87. The van der Waals surface area contributed by atoms with E-state index in [-0.39, 0.29) is 34.1 Å². The van der Waals surface area contributed by atoms with Crippen molar-refractivity contribution in [2.75, 3.05) is 0 Å². The molecule has 2 rings (SSSR count). The van der Waals surface area contributed by atoms with Gasteiger partial charge in [-0.1, -0.05) is 50.2 Å².